The molecule has 1 atom stereocenters. The van der Waals surface area contributed by atoms with E-state index in [2.05, 4.69) is 0 Å². The van der Waals surface area contributed by atoms with E-state index in [0.29, 0.717) is 24.4 Å². The van der Waals surface area contributed by atoms with Crippen molar-refractivity contribution in [3.05, 3.63) is 29.8 Å². The molecule has 112 valence electrons. The molecule has 0 bridgehead atoms. The maximum Gasteiger partial charge on any atom is 0.243 e. The van der Waals surface area contributed by atoms with Crippen molar-refractivity contribution in [1.29, 1.82) is 0 Å². The second kappa shape index (κ2) is 5.44. The normalized spacial score (nSPS) is 24.4. The van der Waals surface area contributed by atoms with Crippen LogP contribution >= 0.6 is 0 Å². The van der Waals surface area contributed by atoms with Crippen molar-refractivity contribution in [2.45, 2.75) is 23.8 Å². The van der Waals surface area contributed by atoms with Gasteiger partial charge in [0.15, 0.2) is 0 Å². The fourth-order valence-electron chi connectivity index (χ4n) is 2.73. The molecular formula is C14H22N2O3S. The summed E-state index contributed by atoms with van der Waals surface area (Å²) in [5.41, 5.74) is -0.227. The third kappa shape index (κ3) is 3.03. The Hall–Kier alpha value is -0.950. The molecular weight excluding hydrogens is 276 g/mol. The second-order valence-corrected chi connectivity index (χ2v) is 7.72. The maximum atomic E-state index is 12.6. The Morgan fingerprint density at radius 2 is 2.00 bits per heavy atom. The minimum Gasteiger partial charge on any atom is -0.387 e. The van der Waals surface area contributed by atoms with E-state index in [0.717, 1.165) is 5.56 Å². The van der Waals surface area contributed by atoms with Crippen LogP contribution in [-0.4, -0.2) is 62.1 Å². The zero-order valence-corrected chi connectivity index (χ0v) is 13.0. The van der Waals surface area contributed by atoms with E-state index in [1.165, 1.54) is 4.31 Å². The molecule has 5 nitrogen and oxygen atoms in total. The largest absolute Gasteiger partial charge is 0.387 e. The first-order valence-corrected chi connectivity index (χ1v) is 8.11. The lowest BCUT2D eigenvalue weighted by atomic mass is 10.0. The number of hydrogen-bond donors (Lipinski definition) is 1. The van der Waals surface area contributed by atoms with E-state index in [9.17, 15) is 13.5 Å². The van der Waals surface area contributed by atoms with Gasteiger partial charge in [0.25, 0.3) is 0 Å². The van der Waals surface area contributed by atoms with Crippen molar-refractivity contribution < 1.29 is 13.5 Å². The molecule has 1 N–H and O–H groups in total. The Balaban J connectivity index is 2.23. The summed E-state index contributed by atoms with van der Waals surface area (Å²) in [6.07, 6.45) is 0.469. The van der Waals surface area contributed by atoms with Gasteiger partial charge in [-0.05, 0) is 39.1 Å². The molecule has 0 spiro atoms. The highest BCUT2D eigenvalue weighted by atomic mass is 32.2. The monoisotopic (exact) mass is 298 g/mol. The summed E-state index contributed by atoms with van der Waals surface area (Å²) in [6, 6.07) is 6.95. The van der Waals surface area contributed by atoms with Gasteiger partial charge in [0, 0.05) is 19.6 Å². The van der Waals surface area contributed by atoms with E-state index in [-0.39, 0.29) is 6.54 Å². The summed E-state index contributed by atoms with van der Waals surface area (Å²) < 4.78 is 26.6. The first-order chi connectivity index (χ1) is 9.24. The van der Waals surface area contributed by atoms with Gasteiger partial charge < -0.3 is 10.0 Å². The van der Waals surface area contributed by atoms with Gasteiger partial charge in [0.2, 0.25) is 10.0 Å². The van der Waals surface area contributed by atoms with Crippen molar-refractivity contribution in [1.82, 2.24) is 9.21 Å². The van der Waals surface area contributed by atoms with Crippen molar-refractivity contribution in [2.24, 2.45) is 0 Å². The van der Waals surface area contributed by atoms with Crippen LogP contribution in [0.3, 0.4) is 0 Å². The molecule has 1 aromatic rings. The molecule has 1 saturated heterocycles. The van der Waals surface area contributed by atoms with Crippen LogP contribution in [0.25, 0.3) is 0 Å². The highest BCUT2D eigenvalue weighted by Gasteiger charge is 2.42. The molecule has 2 rings (SSSR count). The lowest BCUT2D eigenvalue weighted by Crippen LogP contribution is -2.43. The zero-order chi connectivity index (χ0) is 15.0. The molecule has 0 aliphatic carbocycles. The first kappa shape index (κ1) is 15.4. The minimum absolute atomic E-state index is 0.155. The topological polar surface area (TPSA) is 60.9 Å². The molecule has 20 heavy (non-hydrogen) atoms. The van der Waals surface area contributed by atoms with Crippen molar-refractivity contribution >= 4 is 10.0 Å². The van der Waals surface area contributed by atoms with Crippen LogP contribution in [0, 0.1) is 6.92 Å². The Bertz CT molecular complexity index is 586. The van der Waals surface area contributed by atoms with Gasteiger partial charge in [-0.15, -0.1) is 0 Å². The molecule has 6 heteroatoms. The third-order valence-corrected chi connectivity index (χ3v) is 5.62. The van der Waals surface area contributed by atoms with Gasteiger partial charge in [-0.1, -0.05) is 18.2 Å². The summed E-state index contributed by atoms with van der Waals surface area (Å²) in [5, 5.41) is 10.5. The van der Waals surface area contributed by atoms with E-state index >= 15 is 0 Å². The van der Waals surface area contributed by atoms with Gasteiger partial charge in [0.1, 0.15) is 0 Å². The number of rotatable bonds is 4. The standard InChI is InChI=1S/C14H22N2O3S/c1-12-6-4-5-7-13(12)20(18,19)16-9-8-14(17,11-16)10-15(2)3/h4-7,17H,8-11H2,1-3H3. The van der Waals surface area contributed by atoms with Crippen molar-refractivity contribution in [3.63, 3.8) is 0 Å². The average Bonchev–Trinajstić information content (AvgIpc) is 2.71. The lowest BCUT2D eigenvalue weighted by Gasteiger charge is -2.26. The smallest absolute Gasteiger partial charge is 0.243 e. The van der Waals surface area contributed by atoms with Gasteiger partial charge in [-0.3, -0.25) is 0 Å². The molecule has 1 fully saturated rings. The van der Waals surface area contributed by atoms with Crippen molar-refractivity contribution in [2.75, 3.05) is 33.7 Å². The predicted octanol–water partition coefficient (Wildman–Crippen LogP) is 0.682. The minimum atomic E-state index is -3.52. The summed E-state index contributed by atoms with van der Waals surface area (Å²) >= 11 is 0. The highest BCUT2D eigenvalue weighted by Crippen LogP contribution is 2.28. The number of likely N-dealkylation sites (N-methyl/N-ethyl adjacent to an activating group) is 1. The van der Waals surface area contributed by atoms with E-state index < -0.39 is 15.6 Å². The van der Waals surface area contributed by atoms with Crippen LogP contribution in [0.5, 0.6) is 0 Å². The molecule has 1 heterocycles. The van der Waals surface area contributed by atoms with Crippen LogP contribution in [0.2, 0.25) is 0 Å². The summed E-state index contributed by atoms with van der Waals surface area (Å²) in [6.45, 7) is 2.77. The number of hydrogen-bond acceptors (Lipinski definition) is 4. The number of nitrogens with zero attached hydrogens (tertiary/aromatic N) is 2. The van der Waals surface area contributed by atoms with Crippen LogP contribution in [0.1, 0.15) is 12.0 Å². The number of aliphatic hydroxyl groups is 1. The second-order valence-electron chi connectivity index (χ2n) is 5.82. The van der Waals surface area contributed by atoms with E-state index in [1.54, 1.807) is 25.1 Å². The number of benzene rings is 1. The maximum absolute atomic E-state index is 12.6. The molecule has 1 aliphatic heterocycles. The van der Waals surface area contributed by atoms with Crippen molar-refractivity contribution in [3.8, 4) is 0 Å². The summed E-state index contributed by atoms with van der Waals surface area (Å²) in [7, 11) is 0.222. The molecule has 0 amide bonds. The van der Waals surface area contributed by atoms with Gasteiger partial charge in [-0.25, -0.2) is 8.42 Å². The van der Waals surface area contributed by atoms with Gasteiger partial charge in [0.05, 0.1) is 10.5 Å². The molecule has 0 saturated carbocycles. The molecule has 0 radical (unpaired) electrons. The Labute approximate surface area is 120 Å². The fraction of sp³-hybridized carbons (Fsp3) is 0.571. The van der Waals surface area contributed by atoms with Crippen LogP contribution < -0.4 is 0 Å². The highest BCUT2D eigenvalue weighted by molar-refractivity contribution is 7.89. The van der Waals surface area contributed by atoms with Gasteiger partial charge in [-0.2, -0.15) is 4.31 Å². The Morgan fingerprint density at radius 3 is 2.60 bits per heavy atom. The van der Waals surface area contributed by atoms with Crippen LogP contribution in [-0.2, 0) is 10.0 Å². The summed E-state index contributed by atoms with van der Waals surface area (Å²) in [4.78, 5) is 2.21. The first-order valence-electron chi connectivity index (χ1n) is 6.67. The van der Waals surface area contributed by atoms with E-state index in [1.807, 2.05) is 25.1 Å². The lowest BCUT2D eigenvalue weighted by molar-refractivity contribution is 0.0302. The molecule has 1 aromatic carbocycles. The average molecular weight is 298 g/mol. The van der Waals surface area contributed by atoms with Gasteiger partial charge >= 0.3 is 0 Å². The predicted molar refractivity (Wildman–Crippen MR) is 78.1 cm³/mol. The Morgan fingerprint density at radius 1 is 1.35 bits per heavy atom. The molecule has 0 aromatic heterocycles. The number of sulfonamides is 1. The fourth-order valence-corrected chi connectivity index (χ4v) is 4.47. The third-order valence-electron chi connectivity index (χ3n) is 3.62. The van der Waals surface area contributed by atoms with Crippen LogP contribution in [0.4, 0.5) is 0 Å². The number of aryl methyl sites for hydroxylation is 1. The van der Waals surface area contributed by atoms with E-state index in [4.69, 9.17) is 0 Å². The zero-order valence-electron chi connectivity index (χ0n) is 12.2. The Kier molecular flexibility index (Phi) is 4.20. The molecule has 1 unspecified atom stereocenters. The van der Waals surface area contributed by atoms with Crippen LogP contribution in [0.15, 0.2) is 29.2 Å². The molecule has 1 aliphatic rings. The number of β-amino-alcohol motifs (C(OH)–C–C–N with tert-alkyl or cyclic N) is 1. The SMILES string of the molecule is Cc1ccccc1S(=O)(=O)N1CCC(O)(CN(C)C)C1. The summed E-state index contributed by atoms with van der Waals surface area (Å²) in [5.74, 6) is 0. The quantitative estimate of drug-likeness (QED) is 0.888.